The molecule has 0 fully saturated rings. The number of nitrogens with zero attached hydrogens (tertiary/aromatic N) is 1. The maximum absolute atomic E-state index is 11.8. The monoisotopic (exact) mass is 391 g/mol. The molecule has 0 aromatic heterocycles. The smallest absolute Gasteiger partial charge is 0.303 e. The number of amides is 1. The van der Waals surface area contributed by atoms with Gasteiger partial charge in [-0.25, -0.2) is 0 Å². The minimum atomic E-state index is -0.764. The van der Waals surface area contributed by atoms with Crippen molar-refractivity contribution in [3.8, 4) is 0 Å². The lowest BCUT2D eigenvalue weighted by atomic mass is 10.0. The summed E-state index contributed by atoms with van der Waals surface area (Å²) in [6.45, 7) is 3.19. The Morgan fingerprint density at radius 3 is 2.57 bits per heavy atom. The molecule has 0 aliphatic heterocycles. The highest BCUT2D eigenvalue weighted by Gasteiger charge is 2.07. The highest BCUT2D eigenvalue weighted by atomic mass is 16.5. The van der Waals surface area contributed by atoms with Crippen molar-refractivity contribution in [1.82, 2.24) is 4.90 Å². The molecule has 0 aliphatic rings. The number of carboxylic acid groups (broad SMARTS) is 1. The molecule has 156 valence electrons. The Morgan fingerprint density at radius 2 is 1.89 bits per heavy atom. The number of unbranched alkanes of at least 4 members (excludes halogenated alkanes) is 3. The number of rotatable bonds is 14. The molecule has 0 heterocycles. The van der Waals surface area contributed by atoms with E-state index in [2.05, 4.69) is 0 Å². The van der Waals surface area contributed by atoms with Crippen molar-refractivity contribution >= 4 is 11.9 Å². The van der Waals surface area contributed by atoms with Gasteiger partial charge in [0.2, 0.25) is 5.91 Å². The van der Waals surface area contributed by atoms with Gasteiger partial charge in [0.1, 0.15) is 0 Å². The van der Waals surface area contributed by atoms with Gasteiger partial charge < -0.3 is 19.8 Å². The molecule has 0 spiro atoms. The summed E-state index contributed by atoms with van der Waals surface area (Å²) in [7, 11) is 1.65. The van der Waals surface area contributed by atoms with Gasteiger partial charge in [0.15, 0.2) is 0 Å². The fraction of sp³-hybridized carbons (Fsp3) is 0.545. The van der Waals surface area contributed by atoms with Crippen LogP contribution >= 0.6 is 0 Å². The summed E-state index contributed by atoms with van der Waals surface area (Å²) in [5.74, 6) is -0.767. The number of carboxylic acids is 1. The summed E-state index contributed by atoms with van der Waals surface area (Å²) >= 11 is 0. The number of aliphatic hydroxyl groups excluding tert-OH is 1. The lowest BCUT2D eigenvalue weighted by Gasteiger charge is -2.19. The van der Waals surface area contributed by atoms with Gasteiger partial charge in [-0.1, -0.05) is 49.3 Å². The molecule has 1 aromatic carbocycles. The lowest BCUT2D eigenvalue weighted by molar-refractivity contribution is -0.137. The van der Waals surface area contributed by atoms with E-state index in [1.807, 2.05) is 30.3 Å². The van der Waals surface area contributed by atoms with Gasteiger partial charge in [-0.05, 0) is 24.0 Å². The molecular formula is C22H33NO5. The van der Waals surface area contributed by atoms with Crippen molar-refractivity contribution in [2.45, 2.75) is 58.2 Å². The van der Waals surface area contributed by atoms with Crippen LogP contribution in [0.5, 0.6) is 0 Å². The first-order valence-corrected chi connectivity index (χ1v) is 9.81. The number of carbonyl (C=O) groups is 2. The Balaban J connectivity index is 2.36. The second-order valence-corrected chi connectivity index (χ2v) is 6.98. The normalized spacial score (nSPS) is 12.2. The van der Waals surface area contributed by atoms with Crippen LogP contribution in [0.2, 0.25) is 0 Å². The first-order valence-electron chi connectivity index (χ1n) is 9.81. The predicted molar refractivity (Wildman–Crippen MR) is 109 cm³/mol. The maximum Gasteiger partial charge on any atom is 0.303 e. The predicted octanol–water partition coefficient (Wildman–Crippen LogP) is 3.18. The molecule has 0 unspecified atom stereocenters. The summed E-state index contributed by atoms with van der Waals surface area (Å²) in [5.41, 5.74) is 2.11. The number of methoxy groups -OCH3 is 1. The fourth-order valence-corrected chi connectivity index (χ4v) is 2.98. The van der Waals surface area contributed by atoms with Gasteiger partial charge in [0, 0.05) is 40.0 Å². The molecule has 0 aliphatic carbocycles. The largest absolute Gasteiger partial charge is 0.481 e. The van der Waals surface area contributed by atoms with Crippen molar-refractivity contribution in [3.05, 3.63) is 47.5 Å². The second-order valence-electron chi connectivity index (χ2n) is 6.98. The van der Waals surface area contributed by atoms with Crippen LogP contribution in [0.15, 0.2) is 36.4 Å². The van der Waals surface area contributed by atoms with E-state index in [-0.39, 0.29) is 12.3 Å². The van der Waals surface area contributed by atoms with E-state index in [0.29, 0.717) is 32.5 Å². The number of hydrogen-bond acceptors (Lipinski definition) is 4. The van der Waals surface area contributed by atoms with Crippen LogP contribution < -0.4 is 0 Å². The summed E-state index contributed by atoms with van der Waals surface area (Å²) < 4.78 is 5.13. The summed E-state index contributed by atoms with van der Waals surface area (Å²) in [4.78, 5) is 24.0. The first kappa shape index (κ1) is 23.9. The number of carbonyl (C=O) groups excluding carboxylic acids is 1. The molecule has 1 amide bonds. The average molecular weight is 392 g/mol. The van der Waals surface area contributed by atoms with Gasteiger partial charge in [-0.2, -0.15) is 0 Å². The average Bonchev–Trinajstić information content (AvgIpc) is 2.63. The van der Waals surface area contributed by atoms with E-state index >= 15 is 0 Å². The molecule has 0 bridgehead atoms. The number of aliphatic carboxylic acids is 1. The Bertz CT molecular complexity index is 629. The van der Waals surface area contributed by atoms with Gasteiger partial charge in [-0.15, -0.1) is 0 Å². The molecule has 1 rings (SSSR count). The Labute approximate surface area is 167 Å². The second kappa shape index (κ2) is 13.9. The zero-order chi connectivity index (χ0) is 20.8. The highest BCUT2D eigenvalue weighted by Crippen LogP contribution is 2.10. The van der Waals surface area contributed by atoms with Crippen LogP contribution in [0.1, 0.15) is 50.2 Å². The third-order valence-electron chi connectivity index (χ3n) is 4.45. The van der Waals surface area contributed by atoms with Crippen LogP contribution in [0.25, 0.3) is 0 Å². The van der Waals surface area contributed by atoms with Gasteiger partial charge in [0.25, 0.3) is 0 Å². The van der Waals surface area contributed by atoms with E-state index in [9.17, 15) is 14.7 Å². The highest BCUT2D eigenvalue weighted by molar-refractivity contribution is 5.73. The van der Waals surface area contributed by atoms with E-state index in [1.54, 1.807) is 18.1 Å². The van der Waals surface area contributed by atoms with Gasteiger partial charge in [0.05, 0.1) is 12.7 Å². The first-order chi connectivity index (χ1) is 13.4. The van der Waals surface area contributed by atoms with E-state index < -0.39 is 12.1 Å². The maximum atomic E-state index is 11.8. The zero-order valence-electron chi connectivity index (χ0n) is 17.0. The van der Waals surface area contributed by atoms with E-state index in [0.717, 1.165) is 30.4 Å². The SMILES string of the molecule is COCc1cccc(C[C@H](O)/C=C/CN(CCCCCCC(=O)O)C(C)=O)c1. The molecule has 1 atom stereocenters. The third kappa shape index (κ3) is 10.8. The van der Waals surface area contributed by atoms with Crippen LogP contribution in [0, 0.1) is 0 Å². The molecule has 0 saturated carbocycles. The fourth-order valence-electron chi connectivity index (χ4n) is 2.98. The molecule has 6 heteroatoms. The summed E-state index contributed by atoms with van der Waals surface area (Å²) in [6, 6.07) is 7.94. The van der Waals surface area contributed by atoms with Crippen LogP contribution in [0.3, 0.4) is 0 Å². The van der Waals surface area contributed by atoms with Gasteiger partial charge >= 0.3 is 5.97 Å². The topological polar surface area (TPSA) is 87.1 Å². The Morgan fingerprint density at radius 1 is 1.18 bits per heavy atom. The summed E-state index contributed by atoms with van der Waals surface area (Å²) in [6.07, 6.45) is 6.94. The van der Waals surface area contributed by atoms with E-state index in [4.69, 9.17) is 9.84 Å². The molecule has 0 saturated heterocycles. The minimum absolute atomic E-state index is 0.00283. The van der Waals surface area contributed by atoms with Crippen molar-refractivity contribution in [2.24, 2.45) is 0 Å². The lowest BCUT2D eigenvalue weighted by Crippen LogP contribution is -2.30. The number of ether oxygens (including phenoxy) is 1. The molecule has 0 radical (unpaired) electrons. The number of hydrogen-bond donors (Lipinski definition) is 2. The molecule has 2 N–H and O–H groups in total. The number of benzene rings is 1. The van der Waals surface area contributed by atoms with Crippen molar-refractivity contribution in [3.63, 3.8) is 0 Å². The van der Waals surface area contributed by atoms with Crippen molar-refractivity contribution < 1.29 is 24.5 Å². The van der Waals surface area contributed by atoms with Gasteiger partial charge in [-0.3, -0.25) is 9.59 Å². The summed E-state index contributed by atoms with van der Waals surface area (Å²) in [5, 5.41) is 18.8. The Kier molecular flexibility index (Phi) is 11.9. The van der Waals surface area contributed by atoms with Crippen LogP contribution in [-0.4, -0.2) is 53.3 Å². The third-order valence-corrected chi connectivity index (χ3v) is 4.45. The molecular weight excluding hydrogens is 358 g/mol. The minimum Gasteiger partial charge on any atom is -0.481 e. The molecule has 1 aromatic rings. The standard InChI is InChI=1S/C22H33NO5/c1-18(24)23(13-6-4-3-5-12-22(26)27)14-8-11-21(25)16-19-9-7-10-20(15-19)17-28-2/h7-11,15,21,25H,3-6,12-14,16-17H2,1-2H3,(H,26,27)/b11-8+/t21-/m1/s1. The zero-order valence-corrected chi connectivity index (χ0v) is 17.0. The van der Waals surface area contributed by atoms with E-state index in [1.165, 1.54) is 6.92 Å². The number of aliphatic hydroxyl groups is 1. The molecule has 6 nitrogen and oxygen atoms in total. The van der Waals surface area contributed by atoms with Crippen LogP contribution in [-0.2, 0) is 27.4 Å². The van der Waals surface area contributed by atoms with Crippen molar-refractivity contribution in [1.29, 1.82) is 0 Å². The van der Waals surface area contributed by atoms with Crippen LogP contribution in [0.4, 0.5) is 0 Å². The molecule has 28 heavy (non-hydrogen) atoms. The Hall–Kier alpha value is -2.18. The van der Waals surface area contributed by atoms with Crippen molar-refractivity contribution in [2.75, 3.05) is 20.2 Å². The quantitative estimate of drug-likeness (QED) is 0.376.